The molecule has 2 nitrogen and oxygen atoms in total. The lowest BCUT2D eigenvalue weighted by Gasteiger charge is -2.23. The molecule has 18 heavy (non-hydrogen) atoms. The minimum absolute atomic E-state index is 0.417. The zero-order valence-corrected chi connectivity index (χ0v) is 12.2. The van der Waals surface area contributed by atoms with Gasteiger partial charge in [-0.2, -0.15) is 0 Å². The maximum absolute atomic E-state index is 5.53. The van der Waals surface area contributed by atoms with E-state index in [4.69, 9.17) is 4.74 Å². The van der Waals surface area contributed by atoms with E-state index in [0.29, 0.717) is 17.4 Å². The van der Waals surface area contributed by atoms with Crippen LogP contribution in [-0.2, 0) is 0 Å². The molecular weight excluding hydrogens is 222 g/mol. The van der Waals surface area contributed by atoms with Gasteiger partial charge in [-0.1, -0.05) is 38.5 Å². The average Bonchev–Trinajstić information content (AvgIpc) is 2.95. The summed E-state index contributed by atoms with van der Waals surface area (Å²) in [5, 5.41) is 3.64. The molecule has 1 aliphatic carbocycles. The van der Waals surface area contributed by atoms with Gasteiger partial charge in [0.25, 0.3) is 0 Å². The van der Waals surface area contributed by atoms with E-state index in [2.05, 4.69) is 51.2 Å². The Bertz CT molecular complexity index is 425. The van der Waals surface area contributed by atoms with Crippen LogP contribution >= 0.6 is 0 Å². The maximum Gasteiger partial charge on any atom is 0.123 e. The summed E-state index contributed by atoms with van der Waals surface area (Å²) in [6.07, 6.45) is 1.29. The molecule has 0 spiro atoms. The van der Waals surface area contributed by atoms with Gasteiger partial charge in [-0.05, 0) is 37.3 Å². The van der Waals surface area contributed by atoms with Crippen LogP contribution in [0.2, 0.25) is 0 Å². The van der Waals surface area contributed by atoms with Gasteiger partial charge in [-0.25, -0.2) is 0 Å². The number of benzene rings is 1. The lowest BCUT2D eigenvalue weighted by Crippen LogP contribution is -2.25. The van der Waals surface area contributed by atoms with Crippen LogP contribution in [0.4, 0.5) is 0 Å². The second-order valence-corrected chi connectivity index (χ2v) is 6.08. The number of ether oxygens (including phenoxy) is 1. The summed E-state index contributed by atoms with van der Waals surface area (Å²) in [4.78, 5) is 0. The first-order valence-electron chi connectivity index (χ1n) is 6.87. The number of hydrogen-bond acceptors (Lipinski definition) is 2. The smallest absolute Gasteiger partial charge is 0.123 e. The molecule has 0 aromatic heterocycles. The number of nitrogens with one attached hydrogen (secondary N) is 1. The molecule has 2 atom stereocenters. The molecule has 0 bridgehead atoms. The van der Waals surface area contributed by atoms with Crippen LogP contribution in [0.3, 0.4) is 0 Å². The van der Waals surface area contributed by atoms with Crippen LogP contribution in [0, 0.1) is 18.3 Å². The van der Waals surface area contributed by atoms with Crippen LogP contribution < -0.4 is 10.1 Å². The van der Waals surface area contributed by atoms with Crippen molar-refractivity contribution in [3.05, 3.63) is 29.3 Å². The van der Waals surface area contributed by atoms with Crippen LogP contribution in [-0.4, -0.2) is 13.7 Å². The Labute approximate surface area is 111 Å². The summed E-state index contributed by atoms with van der Waals surface area (Å²) < 4.78 is 5.53. The number of aryl methyl sites for hydroxylation is 1. The Balaban J connectivity index is 2.33. The monoisotopic (exact) mass is 247 g/mol. The fourth-order valence-corrected chi connectivity index (χ4v) is 2.86. The second kappa shape index (κ2) is 4.93. The zero-order valence-electron chi connectivity index (χ0n) is 12.2. The van der Waals surface area contributed by atoms with Crippen LogP contribution in [0.1, 0.15) is 44.4 Å². The van der Waals surface area contributed by atoms with Crippen molar-refractivity contribution < 1.29 is 4.74 Å². The van der Waals surface area contributed by atoms with Crippen molar-refractivity contribution in [2.24, 2.45) is 11.3 Å². The van der Waals surface area contributed by atoms with Crippen molar-refractivity contribution in [2.45, 2.75) is 40.2 Å². The first-order chi connectivity index (χ1) is 8.49. The minimum atomic E-state index is 0.417. The van der Waals surface area contributed by atoms with Gasteiger partial charge in [0.15, 0.2) is 0 Å². The molecule has 0 radical (unpaired) electrons. The summed E-state index contributed by atoms with van der Waals surface area (Å²) in [7, 11) is 1.76. The van der Waals surface area contributed by atoms with E-state index in [1.165, 1.54) is 17.5 Å². The summed E-state index contributed by atoms with van der Waals surface area (Å²) in [5.74, 6) is 1.72. The van der Waals surface area contributed by atoms with E-state index >= 15 is 0 Å². The fourth-order valence-electron chi connectivity index (χ4n) is 2.86. The van der Waals surface area contributed by atoms with Crippen LogP contribution in [0.15, 0.2) is 18.2 Å². The second-order valence-electron chi connectivity index (χ2n) is 6.08. The molecule has 0 saturated heterocycles. The highest BCUT2D eigenvalue weighted by Gasteiger charge is 2.50. The Kier molecular flexibility index (Phi) is 3.67. The van der Waals surface area contributed by atoms with Gasteiger partial charge in [0, 0.05) is 11.6 Å². The van der Waals surface area contributed by atoms with E-state index in [-0.39, 0.29) is 0 Å². The third-order valence-electron chi connectivity index (χ3n) is 4.14. The lowest BCUT2D eigenvalue weighted by atomic mass is 9.95. The topological polar surface area (TPSA) is 21.3 Å². The predicted octanol–water partition coefficient (Wildman–Crippen LogP) is 3.70. The molecule has 2 rings (SSSR count). The van der Waals surface area contributed by atoms with Gasteiger partial charge >= 0.3 is 0 Å². The normalized spacial score (nSPS) is 22.6. The third kappa shape index (κ3) is 2.54. The van der Waals surface area contributed by atoms with E-state index < -0.39 is 0 Å². The standard InChI is InChI=1S/C16H25NO/c1-6-17-15(13-10-16(13,3)4)12-9-11(2)7-8-14(12)18-5/h7-9,13,15,17H,6,10H2,1-5H3. The number of methoxy groups -OCH3 is 1. The SMILES string of the molecule is CCNC(c1cc(C)ccc1OC)C1CC1(C)C. The van der Waals surface area contributed by atoms with Crippen molar-refractivity contribution >= 4 is 0 Å². The van der Waals surface area contributed by atoms with Gasteiger partial charge < -0.3 is 10.1 Å². The largest absolute Gasteiger partial charge is 0.496 e. The fraction of sp³-hybridized carbons (Fsp3) is 0.625. The molecular formula is C16H25NO. The van der Waals surface area contributed by atoms with Gasteiger partial charge in [-0.3, -0.25) is 0 Å². The Morgan fingerprint density at radius 1 is 1.44 bits per heavy atom. The Morgan fingerprint density at radius 2 is 2.11 bits per heavy atom. The highest BCUT2D eigenvalue weighted by Crippen LogP contribution is 2.58. The summed E-state index contributed by atoms with van der Waals surface area (Å²) in [6.45, 7) is 10.0. The number of rotatable bonds is 5. The maximum atomic E-state index is 5.53. The van der Waals surface area contributed by atoms with Gasteiger partial charge in [0.2, 0.25) is 0 Å². The van der Waals surface area contributed by atoms with Gasteiger partial charge in [0.1, 0.15) is 5.75 Å². The Hall–Kier alpha value is -1.02. The van der Waals surface area contributed by atoms with E-state index in [1.807, 2.05) is 0 Å². The Morgan fingerprint density at radius 3 is 2.61 bits per heavy atom. The highest BCUT2D eigenvalue weighted by molar-refractivity contribution is 5.40. The molecule has 0 aliphatic heterocycles. The van der Waals surface area contributed by atoms with Gasteiger partial charge in [0.05, 0.1) is 7.11 Å². The molecule has 0 amide bonds. The molecule has 1 fully saturated rings. The molecule has 1 aromatic carbocycles. The average molecular weight is 247 g/mol. The number of hydrogen-bond donors (Lipinski definition) is 1. The molecule has 1 saturated carbocycles. The van der Waals surface area contributed by atoms with E-state index in [0.717, 1.165) is 12.3 Å². The van der Waals surface area contributed by atoms with Crippen LogP contribution in [0.25, 0.3) is 0 Å². The van der Waals surface area contributed by atoms with Crippen molar-refractivity contribution in [1.29, 1.82) is 0 Å². The van der Waals surface area contributed by atoms with Crippen molar-refractivity contribution in [3.8, 4) is 5.75 Å². The van der Waals surface area contributed by atoms with E-state index in [1.54, 1.807) is 7.11 Å². The highest BCUT2D eigenvalue weighted by atomic mass is 16.5. The first kappa shape index (κ1) is 13.4. The molecule has 1 N–H and O–H groups in total. The quantitative estimate of drug-likeness (QED) is 0.856. The van der Waals surface area contributed by atoms with Crippen molar-refractivity contribution in [3.63, 3.8) is 0 Å². The van der Waals surface area contributed by atoms with Crippen molar-refractivity contribution in [2.75, 3.05) is 13.7 Å². The van der Waals surface area contributed by atoms with Crippen molar-refractivity contribution in [1.82, 2.24) is 5.32 Å². The molecule has 100 valence electrons. The lowest BCUT2D eigenvalue weighted by molar-refractivity contribution is 0.377. The summed E-state index contributed by atoms with van der Waals surface area (Å²) >= 11 is 0. The predicted molar refractivity (Wildman–Crippen MR) is 76.0 cm³/mol. The van der Waals surface area contributed by atoms with E-state index in [9.17, 15) is 0 Å². The molecule has 2 heteroatoms. The van der Waals surface area contributed by atoms with Gasteiger partial charge in [-0.15, -0.1) is 0 Å². The van der Waals surface area contributed by atoms with Crippen LogP contribution in [0.5, 0.6) is 5.75 Å². The molecule has 1 aliphatic rings. The summed E-state index contributed by atoms with van der Waals surface area (Å²) in [5.41, 5.74) is 3.07. The first-order valence-corrected chi connectivity index (χ1v) is 6.87. The molecule has 0 heterocycles. The minimum Gasteiger partial charge on any atom is -0.496 e. The summed E-state index contributed by atoms with van der Waals surface area (Å²) in [6, 6.07) is 6.88. The zero-order chi connectivity index (χ0) is 13.3. The molecule has 2 unspecified atom stereocenters. The molecule has 1 aromatic rings. The third-order valence-corrected chi connectivity index (χ3v) is 4.14.